The molecule has 1 aromatic rings. The molecule has 2 heterocycles. The Morgan fingerprint density at radius 1 is 1.50 bits per heavy atom. The molecular weight excluding hydrogens is 272 g/mol. The van der Waals surface area contributed by atoms with E-state index in [9.17, 15) is 4.79 Å². The molecule has 84 valence electrons. The van der Waals surface area contributed by atoms with Gasteiger partial charge in [0.25, 0.3) is 0 Å². The van der Waals surface area contributed by atoms with Gasteiger partial charge in [0.15, 0.2) is 0 Å². The number of nitrogens with zero attached hydrogens (tertiary/aromatic N) is 4. The molecule has 5 nitrogen and oxygen atoms in total. The van der Waals surface area contributed by atoms with Gasteiger partial charge in [-0.3, -0.25) is 9.79 Å². The lowest BCUT2D eigenvalue weighted by atomic mass is 10.0. The molecule has 1 atom stereocenters. The zero-order valence-electron chi connectivity index (χ0n) is 8.58. The molecule has 0 unspecified atom stereocenters. The zero-order chi connectivity index (χ0) is 11.4. The lowest BCUT2D eigenvalue weighted by Gasteiger charge is -2.15. The van der Waals surface area contributed by atoms with Gasteiger partial charge in [0.2, 0.25) is 5.78 Å². The van der Waals surface area contributed by atoms with Crippen LogP contribution in [-0.2, 0) is 4.79 Å². The van der Waals surface area contributed by atoms with Crippen LogP contribution in [-0.4, -0.2) is 38.1 Å². The van der Waals surface area contributed by atoms with Crippen molar-refractivity contribution in [2.45, 2.75) is 18.9 Å². The fourth-order valence-corrected chi connectivity index (χ4v) is 1.86. The fraction of sp³-hybridized carbons (Fsp3) is 0.400. The molecule has 0 saturated carbocycles. The third-order valence-corrected chi connectivity index (χ3v) is 2.89. The Morgan fingerprint density at radius 2 is 2.38 bits per heavy atom. The topological polar surface area (TPSA) is 60.1 Å². The Labute approximate surface area is 101 Å². The summed E-state index contributed by atoms with van der Waals surface area (Å²) in [5.41, 5.74) is 0.534. The Balaban J connectivity index is 2.14. The smallest absolute Gasteiger partial charge is 0.205 e. The summed E-state index contributed by atoms with van der Waals surface area (Å²) in [6, 6.07) is -0.276. The molecule has 0 spiro atoms. The summed E-state index contributed by atoms with van der Waals surface area (Å²) in [4.78, 5) is 20.0. The normalized spacial score (nSPS) is 19.9. The zero-order valence-corrected chi connectivity index (χ0v) is 10.2. The van der Waals surface area contributed by atoms with Crippen molar-refractivity contribution in [3.8, 4) is 0 Å². The van der Waals surface area contributed by atoms with E-state index in [0.29, 0.717) is 5.70 Å². The number of aromatic nitrogens is 3. The lowest BCUT2D eigenvalue weighted by Crippen LogP contribution is -2.26. The van der Waals surface area contributed by atoms with E-state index in [2.05, 4.69) is 31.0 Å². The highest BCUT2D eigenvalue weighted by Crippen LogP contribution is 2.16. The first-order valence-electron chi connectivity index (χ1n) is 5.01. The van der Waals surface area contributed by atoms with E-state index in [-0.39, 0.29) is 11.8 Å². The summed E-state index contributed by atoms with van der Waals surface area (Å²) in [6.45, 7) is 0. The molecule has 0 aromatic carbocycles. The average Bonchev–Trinajstić information content (AvgIpc) is 2.81. The van der Waals surface area contributed by atoms with Crippen LogP contribution in [0, 0.1) is 0 Å². The highest BCUT2D eigenvalue weighted by atomic mass is 79.9. The number of halogens is 1. The number of alkyl halides is 1. The van der Waals surface area contributed by atoms with Crippen molar-refractivity contribution in [1.82, 2.24) is 14.8 Å². The van der Waals surface area contributed by atoms with Gasteiger partial charge in [-0.15, -0.1) is 0 Å². The van der Waals surface area contributed by atoms with Gasteiger partial charge in [-0.05, 0) is 18.9 Å². The molecule has 0 bridgehead atoms. The van der Waals surface area contributed by atoms with Gasteiger partial charge in [0.05, 0.1) is 0 Å². The summed E-state index contributed by atoms with van der Waals surface area (Å²) in [5.74, 6) is 0.00829. The van der Waals surface area contributed by atoms with Crippen molar-refractivity contribution < 1.29 is 4.79 Å². The van der Waals surface area contributed by atoms with Gasteiger partial charge in [0, 0.05) is 11.5 Å². The van der Waals surface area contributed by atoms with Crippen LogP contribution in [0.2, 0.25) is 0 Å². The number of ketones is 1. The minimum absolute atomic E-state index is 0.00829. The summed E-state index contributed by atoms with van der Waals surface area (Å²) in [7, 11) is 0. The van der Waals surface area contributed by atoms with E-state index in [0.717, 1.165) is 18.2 Å². The number of rotatable bonds is 4. The average molecular weight is 283 g/mol. The van der Waals surface area contributed by atoms with Crippen LogP contribution in [0.1, 0.15) is 12.8 Å². The molecule has 2 rings (SSSR count). The Bertz CT molecular complexity index is 424. The van der Waals surface area contributed by atoms with Gasteiger partial charge in [-0.1, -0.05) is 15.9 Å². The molecule has 0 aliphatic carbocycles. The number of dihydropyridines is 1. The Kier molecular flexibility index (Phi) is 3.61. The van der Waals surface area contributed by atoms with E-state index in [1.54, 1.807) is 12.3 Å². The SMILES string of the molecule is O=C1C(n2cncn2)=CC=N[C@@H]1CCCBr. The molecule has 0 radical (unpaired) electrons. The van der Waals surface area contributed by atoms with E-state index < -0.39 is 0 Å². The van der Waals surface area contributed by atoms with Crippen LogP contribution in [0.15, 0.2) is 23.7 Å². The number of hydrogen-bond donors (Lipinski definition) is 0. The quantitative estimate of drug-likeness (QED) is 0.783. The number of aliphatic imine (C=N–C) groups is 1. The fourth-order valence-electron chi connectivity index (χ4n) is 1.54. The molecule has 0 saturated heterocycles. The first kappa shape index (κ1) is 11.2. The molecule has 1 aliphatic rings. The molecule has 1 aliphatic heterocycles. The molecule has 0 amide bonds. The number of carbonyl (C=O) groups excluding carboxylic acids is 1. The van der Waals surface area contributed by atoms with Crippen LogP contribution >= 0.6 is 15.9 Å². The second-order valence-corrected chi connectivity index (χ2v) is 4.19. The van der Waals surface area contributed by atoms with Crippen molar-refractivity contribution in [3.63, 3.8) is 0 Å². The highest BCUT2D eigenvalue weighted by Gasteiger charge is 2.24. The number of allylic oxidation sites excluding steroid dienone is 1. The van der Waals surface area contributed by atoms with Crippen molar-refractivity contribution in [3.05, 3.63) is 18.7 Å². The molecule has 0 N–H and O–H groups in total. The summed E-state index contributed by atoms with van der Waals surface area (Å²) >= 11 is 3.34. The van der Waals surface area contributed by atoms with E-state index in [4.69, 9.17) is 0 Å². The van der Waals surface area contributed by atoms with Gasteiger partial charge >= 0.3 is 0 Å². The summed E-state index contributed by atoms with van der Waals surface area (Å²) < 4.78 is 1.48. The van der Waals surface area contributed by atoms with E-state index in [1.165, 1.54) is 17.3 Å². The first-order chi connectivity index (χ1) is 7.83. The number of Topliss-reactive ketones (excluding diaryl/α,β-unsaturated/α-hetero) is 1. The van der Waals surface area contributed by atoms with Crippen LogP contribution in [0.25, 0.3) is 5.70 Å². The Hall–Kier alpha value is -1.30. The van der Waals surface area contributed by atoms with Gasteiger partial charge < -0.3 is 0 Å². The first-order valence-corrected chi connectivity index (χ1v) is 6.13. The maximum absolute atomic E-state index is 12.0. The molecule has 6 heteroatoms. The number of hydrogen-bond acceptors (Lipinski definition) is 4. The van der Waals surface area contributed by atoms with Crippen LogP contribution < -0.4 is 0 Å². The lowest BCUT2D eigenvalue weighted by molar-refractivity contribution is -0.115. The van der Waals surface area contributed by atoms with Crippen molar-refractivity contribution in [1.29, 1.82) is 0 Å². The Morgan fingerprint density at radius 3 is 3.06 bits per heavy atom. The maximum Gasteiger partial charge on any atom is 0.205 e. The highest BCUT2D eigenvalue weighted by molar-refractivity contribution is 9.09. The predicted molar refractivity (Wildman–Crippen MR) is 64.6 cm³/mol. The molecule has 16 heavy (non-hydrogen) atoms. The van der Waals surface area contributed by atoms with Gasteiger partial charge in [0.1, 0.15) is 24.4 Å². The predicted octanol–water partition coefficient (Wildman–Crippen LogP) is 1.32. The van der Waals surface area contributed by atoms with Crippen LogP contribution in [0.4, 0.5) is 0 Å². The van der Waals surface area contributed by atoms with Crippen molar-refractivity contribution in [2.75, 3.05) is 5.33 Å². The van der Waals surface area contributed by atoms with Crippen molar-refractivity contribution in [2.24, 2.45) is 4.99 Å². The molecular formula is C10H11BrN4O. The minimum atomic E-state index is -0.276. The monoisotopic (exact) mass is 282 g/mol. The van der Waals surface area contributed by atoms with Gasteiger partial charge in [-0.25, -0.2) is 9.67 Å². The summed E-state index contributed by atoms with van der Waals surface area (Å²) in [6.07, 6.45) is 7.95. The largest absolute Gasteiger partial charge is 0.290 e. The third kappa shape index (κ3) is 2.27. The third-order valence-electron chi connectivity index (χ3n) is 2.33. The van der Waals surface area contributed by atoms with Crippen LogP contribution in [0.3, 0.4) is 0 Å². The molecule has 1 aromatic heterocycles. The molecule has 0 fully saturated rings. The van der Waals surface area contributed by atoms with E-state index >= 15 is 0 Å². The number of carbonyl (C=O) groups is 1. The van der Waals surface area contributed by atoms with E-state index in [1.807, 2.05) is 0 Å². The minimum Gasteiger partial charge on any atom is -0.290 e. The van der Waals surface area contributed by atoms with Crippen LogP contribution in [0.5, 0.6) is 0 Å². The van der Waals surface area contributed by atoms with Gasteiger partial charge in [-0.2, -0.15) is 5.10 Å². The summed E-state index contributed by atoms with van der Waals surface area (Å²) in [5, 5.41) is 4.83. The maximum atomic E-state index is 12.0. The second-order valence-electron chi connectivity index (χ2n) is 3.40. The van der Waals surface area contributed by atoms with Crippen molar-refractivity contribution >= 4 is 33.6 Å². The standard InChI is InChI=1S/C10H11BrN4O/c11-4-1-2-8-10(16)9(3-5-13-8)15-7-12-6-14-15/h3,5-8H,1-2,4H2/t8-/m1/s1. The second kappa shape index (κ2) is 5.16.